The number of hydrogen-bond donors (Lipinski definition) is 1. The second-order valence-corrected chi connectivity index (χ2v) is 6.03. The summed E-state index contributed by atoms with van der Waals surface area (Å²) in [5, 5.41) is 17.6. The number of carbonyl (C=O) groups is 1. The molecule has 0 spiro atoms. The van der Waals surface area contributed by atoms with E-state index in [2.05, 4.69) is 20.2 Å². The van der Waals surface area contributed by atoms with E-state index in [1.165, 1.54) is 0 Å². The predicted octanol–water partition coefficient (Wildman–Crippen LogP) is 1.67. The maximum Gasteiger partial charge on any atom is 0.313 e. The van der Waals surface area contributed by atoms with Gasteiger partial charge in [0.2, 0.25) is 0 Å². The smallest absolute Gasteiger partial charge is 0.313 e. The third-order valence-electron chi connectivity index (χ3n) is 2.42. The van der Waals surface area contributed by atoms with Crippen LogP contribution in [0.4, 0.5) is 0 Å². The summed E-state index contributed by atoms with van der Waals surface area (Å²) < 4.78 is 1.88. The lowest BCUT2D eigenvalue weighted by molar-refractivity contribution is -0.133. The molecule has 0 aliphatic carbocycles. The van der Waals surface area contributed by atoms with Crippen molar-refractivity contribution in [3.05, 3.63) is 18.6 Å². The number of hydrogen-bond acceptors (Lipinski definition) is 6. The Morgan fingerprint density at radius 1 is 1.35 bits per heavy atom. The van der Waals surface area contributed by atoms with Gasteiger partial charge in [0.15, 0.2) is 11.0 Å². The Morgan fingerprint density at radius 3 is 2.65 bits per heavy atom. The van der Waals surface area contributed by atoms with Gasteiger partial charge in [-0.2, -0.15) is 0 Å². The molecule has 7 nitrogen and oxygen atoms in total. The van der Waals surface area contributed by atoms with Gasteiger partial charge in [-0.05, 0) is 20.8 Å². The van der Waals surface area contributed by atoms with Crippen molar-refractivity contribution >= 4 is 17.7 Å². The van der Waals surface area contributed by atoms with E-state index in [0.29, 0.717) is 16.7 Å². The number of aliphatic carboxylic acids is 1. The van der Waals surface area contributed by atoms with Gasteiger partial charge in [-0.15, -0.1) is 10.2 Å². The van der Waals surface area contributed by atoms with E-state index >= 15 is 0 Å². The highest BCUT2D eigenvalue weighted by Crippen LogP contribution is 2.29. The van der Waals surface area contributed by atoms with Crippen LogP contribution in [0.5, 0.6) is 0 Å². The molecular weight excluding hydrogens is 278 g/mol. The SMILES string of the molecule is CC(C)(C)n1c(SCC(=O)O)nnc1-c1cnccn1. The van der Waals surface area contributed by atoms with Gasteiger partial charge in [0, 0.05) is 17.9 Å². The highest BCUT2D eigenvalue weighted by Gasteiger charge is 2.25. The normalized spacial score (nSPS) is 11.6. The van der Waals surface area contributed by atoms with Crippen molar-refractivity contribution in [2.45, 2.75) is 31.5 Å². The first-order valence-corrected chi connectivity index (χ1v) is 6.95. The van der Waals surface area contributed by atoms with Crippen LogP contribution in [-0.4, -0.2) is 41.6 Å². The van der Waals surface area contributed by atoms with Crippen molar-refractivity contribution in [3.8, 4) is 11.5 Å². The van der Waals surface area contributed by atoms with Crippen molar-refractivity contribution in [1.29, 1.82) is 0 Å². The lowest BCUT2D eigenvalue weighted by Gasteiger charge is -2.24. The number of aromatic nitrogens is 5. The van der Waals surface area contributed by atoms with E-state index in [-0.39, 0.29) is 11.3 Å². The lowest BCUT2D eigenvalue weighted by Crippen LogP contribution is -2.24. The Kier molecular flexibility index (Phi) is 4.03. The van der Waals surface area contributed by atoms with Crippen LogP contribution in [0.25, 0.3) is 11.5 Å². The number of thioether (sulfide) groups is 1. The predicted molar refractivity (Wildman–Crippen MR) is 74.4 cm³/mol. The molecule has 0 amide bonds. The van der Waals surface area contributed by atoms with E-state index in [0.717, 1.165) is 11.8 Å². The third-order valence-corrected chi connectivity index (χ3v) is 3.33. The van der Waals surface area contributed by atoms with Gasteiger partial charge in [0.05, 0.1) is 11.9 Å². The second-order valence-electron chi connectivity index (χ2n) is 5.09. The summed E-state index contributed by atoms with van der Waals surface area (Å²) >= 11 is 1.14. The molecule has 0 saturated heterocycles. The molecule has 2 aromatic rings. The van der Waals surface area contributed by atoms with E-state index < -0.39 is 5.97 Å². The molecule has 0 radical (unpaired) electrons. The van der Waals surface area contributed by atoms with Gasteiger partial charge >= 0.3 is 5.97 Å². The van der Waals surface area contributed by atoms with E-state index in [1.807, 2.05) is 25.3 Å². The Labute approximate surface area is 120 Å². The van der Waals surface area contributed by atoms with Gasteiger partial charge < -0.3 is 5.11 Å². The first-order chi connectivity index (χ1) is 9.39. The zero-order chi connectivity index (χ0) is 14.8. The Bertz CT molecular complexity index is 606. The van der Waals surface area contributed by atoms with Gasteiger partial charge in [-0.25, -0.2) is 4.98 Å². The topological polar surface area (TPSA) is 93.8 Å². The molecule has 0 aromatic carbocycles. The summed E-state index contributed by atoms with van der Waals surface area (Å²) in [6.45, 7) is 6.00. The van der Waals surface area contributed by atoms with Crippen molar-refractivity contribution in [1.82, 2.24) is 24.7 Å². The van der Waals surface area contributed by atoms with E-state index in [4.69, 9.17) is 5.11 Å². The van der Waals surface area contributed by atoms with Crippen LogP contribution in [0.3, 0.4) is 0 Å². The van der Waals surface area contributed by atoms with Gasteiger partial charge in [-0.1, -0.05) is 11.8 Å². The van der Waals surface area contributed by atoms with Crippen LogP contribution in [0.2, 0.25) is 0 Å². The van der Waals surface area contributed by atoms with Crippen LogP contribution in [0, 0.1) is 0 Å². The van der Waals surface area contributed by atoms with Gasteiger partial charge in [-0.3, -0.25) is 14.3 Å². The first kappa shape index (κ1) is 14.4. The molecule has 1 N–H and O–H groups in total. The van der Waals surface area contributed by atoms with Crippen LogP contribution in [0.1, 0.15) is 20.8 Å². The molecule has 0 aliphatic heterocycles. The summed E-state index contributed by atoms with van der Waals surface area (Å²) in [4.78, 5) is 19.0. The zero-order valence-corrected chi connectivity index (χ0v) is 12.3. The van der Waals surface area contributed by atoms with Crippen molar-refractivity contribution in [2.24, 2.45) is 0 Å². The number of carboxylic acids is 1. The standard InChI is InChI=1S/C12H15N5O2S/c1-12(2,3)17-10(8-6-13-4-5-14-8)15-16-11(17)20-7-9(18)19/h4-6H,7H2,1-3H3,(H,18,19). The Hall–Kier alpha value is -1.96. The van der Waals surface area contributed by atoms with Crippen molar-refractivity contribution in [3.63, 3.8) is 0 Å². The van der Waals surface area contributed by atoms with Crippen LogP contribution < -0.4 is 0 Å². The number of carboxylic acid groups (broad SMARTS) is 1. The molecule has 106 valence electrons. The van der Waals surface area contributed by atoms with E-state index in [9.17, 15) is 4.79 Å². The summed E-state index contributed by atoms with van der Waals surface area (Å²) in [5.74, 6) is -0.368. The van der Waals surface area contributed by atoms with Gasteiger partial charge in [0.25, 0.3) is 0 Å². The molecule has 8 heteroatoms. The van der Waals surface area contributed by atoms with E-state index in [1.54, 1.807) is 18.6 Å². The highest BCUT2D eigenvalue weighted by molar-refractivity contribution is 7.99. The van der Waals surface area contributed by atoms with Gasteiger partial charge in [0.1, 0.15) is 5.69 Å². The Balaban J connectivity index is 2.46. The molecule has 0 atom stereocenters. The molecule has 2 rings (SSSR count). The summed E-state index contributed by atoms with van der Waals surface area (Å²) in [6, 6.07) is 0. The minimum absolute atomic E-state index is 0.0608. The fourth-order valence-corrected chi connectivity index (χ4v) is 2.52. The third kappa shape index (κ3) is 3.13. The molecule has 0 unspecified atom stereocenters. The lowest BCUT2D eigenvalue weighted by atomic mass is 10.1. The molecule has 0 saturated carbocycles. The summed E-state index contributed by atoms with van der Waals surface area (Å²) in [5.41, 5.74) is 0.314. The van der Waals surface area contributed by atoms with Crippen LogP contribution in [-0.2, 0) is 10.3 Å². The quantitative estimate of drug-likeness (QED) is 0.857. The number of nitrogens with zero attached hydrogens (tertiary/aromatic N) is 5. The Morgan fingerprint density at radius 2 is 2.10 bits per heavy atom. The largest absolute Gasteiger partial charge is 0.481 e. The highest BCUT2D eigenvalue weighted by atomic mass is 32.2. The minimum Gasteiger partial charge on any atom is -0.481 e. The molecule has 20 heavy (non-hydrogen) atoms. The first-order valence-electron chi connectivity index (χ1n) is 5.96. The zero-order valence-electron chi connectivity index (χ0n) is 11.4. The molecule has 0 fully saturated rings. The summed E-state index contributed by atoms with van der Waals surface area (Å²) in [7, 11) is 0. The molecular formula is C12H15N5O2S. The molecule has 2 aromatic heterocycles. The van der Waals surface area contributed by atoms with Crippen molar-refractivity contribution < 1.29 is 9.90 Å². The average molecular weight is 293 g/mol. The van der Waals surface area contributed by atoms with Crippen LogP contribution in [0.15, 0.2) is 23.7 Å². The molecule has 0 bridgehead atoms. The maximum atomic E-state index is 10.7. The fraction of sp³-hybridized carbons (Fsp3) is 0.417. The second kappa shape index (κ2) is 5.58. The van der Waals surface area contributed by atoms with Crippen molar-refractivity contribution in [2.75, 3.05) is 5.75 Å². The van der Waals surface area contributed by atoms with Crippen LogP contribution >= 0.6 is 11.8 Å². The monoisotopic (exact) mass is 293 g/mol. The average Bonchev–Trinajstić information content (AvgIpc) is 2.81. The summed E-state index contributed by atoms with van der Waals surface area (Å²) in [6.07, 6.45) is 4.78. The minimum atomic E-state index is -0.889. The molecule has 2 heterocycles. The molecule has 0 aliphatic rings. The number of rotatable bonds is 4. The fourth-order valence-electron chi connectivity index (χ4n) is 1.67. The maximum absolute atomic E-state index is 10.7.